The van der Waals surface area contributed by atoms with Gasteiger partial charge in [0.05, 0.1) is 0 Å². The van der Waals surface area contributed by atoms with Gasteiger partial charge in [-0.3, -0.25) is 4.79 Å². The Bertz CT molecular complexity index is 1110. The number of nitrogens with one attached hydrogen (secondary N) is 1. The van der Waals surface area contributed by atoms with Crippen molar-refractivity contribution in [1.82, 2.24) is 24.5 Å². The molecule has 30 heavy (non-hydrogen) atoms. The molecule has 1 aliphatic rings. The minimum atomic E-state index is -0.361. The highest BCUT2D eigenvalue weighted by atomic mass is 35.5. The summed E-state index contributed by atoms with van der Waals surface area (Å²) in [6, 6.07) is 7.31. The third kappa shape index (κ3) is 4.18. The van der Waals surface area contributed by atoms with Gasteiger partial charge < -0.3 is 10.2 Å². The molecule has 1 aromatic carbocycles. The van der Waals surface area contributed by atoms with Crippen LogP contribution in [0.1, 0.15) is 25.8 Å². The number of hydrogen-bond acceptors (Lipinski definition) is 5. The monoisotopic (exact) mass is 428 g/mol. The molecule has 8 nitrogen and oxygen atoms in total. The molecule has 9 heteroatoms. The maximum absolute atomic E-state index is 12.8. The standard InChI is InChI=1S/C21H25ClN6O2/c1-14-9-15(2)12-26(11-14)19-20-25-28(21(30)27(20)8-7-23-19)13-18(29)24-10-16-5-3-4-6-17(16)22/h3-8,14-15H,9-13H2,1-2H3,(H,24,29). The Balaban J connectivity index is 1.54. The summed E-state index contributed by atoms with van der Waals surface area (Å²) in [5.41, 5.74) is 0.928. The van der Waals surface area contributed by atoms with E-state index < -0.39 is 0 Å². The predicted molar refractivity (Wildman–Crippen MR) is 116 cm³/mol. The van der Waals surface area contributed by atoms with Gasteiger partial charge in [-0.05, 0) is 29.9 Å². The molecule has 0 saturated carbocycles. The van der Waals surface area contributed by atoms with Crippen molar-refractivity contribution in [3.63, 3.8) is 0 Å². The van der Waals surface area contributed by atoms with Gasteiger partial charge >= 0.3 is 5.69 Å². The lowest BCUT2D eigenvalue weighted by molar-refractivity contribution is -0.122. The summed E-state index contributed by atoms with van der Waals surface area (Å²) in [6.45, 7) is 6.30. The molecule has 4 rings (SSSR count). The molecule has 3 aromatic rings. The number of rotatable bonds is 5. The Kier molecular flexibility index (Phi) is 5.76. The quantitative estimate of drug-likeness (QED) is 0.674. The minimum Gasteiger partial charge on any atom is -0.353 e. The van der Waals surface area contributed by atoms with Crippen LogP contribution in [0.5, 0.6) is 0 Å². The normalized spacial score (nSPS) is 19.2. The van der Waals surface area contributed by atoms with E-state index >= 15 is 0 Å². The Morgan fingerprint density at radius 3 is 2.70 bits per heavy atom. The first kappa shape index (κ1) is 20.4. The number of hydrogen-bond donors (Lipinski definition) is 1. The van der Waals surface area contributed by atoms with E-state index in [1.165, 1.54) is 15.5 Å². The molecule has 1 N–H and O–H groups in total. The van der Waals surface area contributed by atoms with Crippen molar-refractivity contribution in [2.75, 3.05) is 18.0 Å². The fraction of sp³-hybridized carbons (Fsp3) is 0.429. The van der Waals surface area contributed by atoms with Crippen molar-refractivity contribution >= 4 is 29.0 Å². The van der Waals surface area contributed by atoms with Crippen LogP contribution < -0.4 is 15.9 Å². The van der Waals surface area contributed by atoms with Gasteiger partial charge in [-0.15, -0.1) is 5.10 Å². The van der Waals surface area contributed by atoms with E-state index in [0.717, 1.165) is 18.7 Å². The van der Waals surface area contributed by atoms with Gasteiger partial charge in [0, 0.05) is 37.1 Å². The van der Waals surface area contributed by atoms with E-state index in [1.807, 2.05) is 18.2 Å². The first-order chi connectivity index (χ1) is 14.4. The van der Waals surface area contributed by atoms with E-state index in [0.29, 0.717) is 28.3 Å². The van der Waals surface area contributed by atoms with Crippen LogP contribution in [0.2, 0.25) is 5.02 Å². The Hall–Kier alpha value is -2.87. The highest BCUT2D eigenvalue weighted by Crippen LogP contribution is 2.26. The Morgan fingerprint density at radius 1 is 1.23 bits per heavy atom. The number of benzene rings is 1. The summed E-state index contributed by atoms with van der Waals surface area (Å²) in [5.74, 6) is 1.46. The topological polar surface area (TPSA) is 84.5 Å². The summed E-state index contributed by atoms with van der Waals surface area (Å²) in [4.78, 5) is 31.9. The highest BCUT2D eigenvalue weighted by molar-refractivity contribution is 6.31. The summed E-state index contributed by atoms with van der Waals surface area (Å²) in [7, 11) is 0. The van der Waals surface area contributed by atoms with Crippen molar-refractivity contribution in [3.8, 4) is 0 Å². The van der Waals surface area contributed by atoms with Crippen molar-refractivity contribution in [1.29, 1.82) is 0 Å². The molecular formula is C21H25ClN6O2. The molecule has 3 heterocycles. The van der Waals surface area contributed by atoms with Crippen LogP contribution in [0.4, 0.5) is 5.82 Å². The van der Waals surface area contributed by atoms with Crippen molar-refractivity contribution in [2.24, 2.45) is 11.8 Å². The predicted octanol–water partition coefficient (Wildman–Crippen LogP) is 2.34. The smallest absolute Gasteiger partial charge is 0.350 e. The van der Waals surface area contributed by atoms with Gasteiger partial charge in [0.1, 0.15) is 6.54 Å². The summed E-state index contributed by atoms with van der Waals surface area (Å²) in [5, 5.41) is 7.80. The lowest BCUT2D eigenvalue weighted by Crippen LogP contribution is -2.39. The Morgan fingerprint density at radius 2 is 1.97 bits per heavy atom. The minimum absolute atomic E-state index is 0.169. The molecule has 1 amide bonds. The number of amides is 1. The molecule has 0 bridgehead atoms. The van der Waals surface area contributed by atoms with Crippen LogP contribution in [0.25, 0.3) is 5.65 Å². The van der Waals surface area contributed by atoms with Crippen molar-refractivity contribution < 1.29 is 4.79 Å². The van der Waals surface area contributed by atoms with Crippen LogP contribution in [0.3, 0.4) is 0 Å². The molecule has 0 aliphatic carbocycles. The average Bonchev–Trinajstić information content (AvgIpc) is 3.02. The largest absolute Gasteiger partial charge is 0.353 e. The first-order valence-electron chi connectivity index (χ1n) is 10.1. The van der Waals surface area contributed by atoms with E-state index in [9.17, 15) is 9.59 Å². The maximum Gasteiger partial charge on any atom is 0.350 e. The van der Waals surface area contributed by atoms with Crippen LogP contribution in [-0.2, 0) is 17.9 Å². The average molecular weight is 429 g/mol. The van der Waals surface area contributed by atoms with E-state index in [1.54, 1.807) is 18.5 Å². The number of aromatic nitrogens is 4. The summed E-state index contributed by atoms with van der Waals surface area (Å²) >= 11 is 6.12. The second kappa shape index (κ2) is 8.47. The van der Waals surface area contributed by atoms with Gasteiger partial charge in [-0.2, -0.15) is 0 Å². The number of fused-ring (bicyclic) bond motifs is 1. The van der Waals surface area contributed by atoms with Crippen LogP contribution >= 0.6 is 11.6 Å². The van der Waals surface area contributed by atoms with Crippen LogP contribution in [0, 0.1) is 11.8 Å². The molecule has 1 fully saturated rings. The zero-order valence-electron chi connectivity index (χ0n) is 17.1. The molecule has 1 aliphatic heterocycles. The highest BCUT2D eigenvalue weighted by Gasteiger charge is 2.25. The fourth-order valence-corrected chi connectivity index (χ4v) is 4.33. The van der Waals surface area contributed by atoms with Gasteiger partial charge in [0.2, 0.25) is 11.6 Å². The van der Waals surface area contributed by atoms with E-state index in [4.69, 9.17) is 11.6 Å². The number of carbonyl (C=O) groups excluding carboxylic acids is 1. The fourth-order valence-electron chi connectivity index (χ4n) is 4.12. The molecule has 1 saturated heterocycles. The van der Waals surface area contributed by atoms with E-state index in [-0.39, 0.29) is 24.7 Å². The number of halogens is 1. The number of nitrogens with zero attached hydrogens (tertiary/aromatic N) is 5. The molecule has 158 valence electrons. The van der Waals surface area contributed by atoms with Gasteiger partial charge in [-0.1, -0.05) is 43.6 Å². The first-order valence-corrected chi connectivity index (χ1v) is 10.5. The number of anilines is 1. The van der Waals surface area contributed by atoms with Crippen LogP contribution in [0.15, 0.2) is 41.5 Å². The Labute approximate surface area is 179 Å². The molecule has 2 aromatic heterocycles. The van der Waals surface area contributed by atoms with Gasteiger partial charge in [0.15, 0.2) is 5.82 Å². The molecule has 0 radical (unpaired) electrons. The molecule has 2 atom stereocenters. The zero-order valence-corrected chi connectivity index (χ0v) is 17.8. The summed E-state index contributed by atoms with van der Waals surface area (Å²) < 4.78 is 2.63. The lowest BCUT2D eigenvalue weighted by Gasteiger charge is -2.35. The second-order valence-electron chi connectivity index (χ2n) is 8.10. The maximum atomic E-state index is 12.8. The summed E-state index contributed by atoms with van der Waals surface area (Å²) in [6.07, 6.45) is 4.37. The van der Waals surface area contributed by atoms with Gasteiger partial charge in [0.25, 0.3) is 0 Å². The van der Waals surface area contributed by atoms with Crippen molar-refractivity contribution in [3.05, 3.63) is 57.7 Å². The third-order valence-corrected chi connectivity index (χ3v) is 5.75. The zero-order chi connectivity index (χ0) is 21.3. The molecular weight excluding hydrogens is 404 g/mol. The van der Waals surface area contributed by atoms with Crippen molar-refractivity contribution in [2.45, 2.75) is 33.4 Å². The molecule has 2 unspecified atom stereocenters. The van der Waals surface area contributed by atoms with E-state index in [2.05, 4.69) is 34.1 Å². The van der Waals surface area contributed by atoms with Gasteiger partial charge in [-0.25, -0.2) is 18.9 Å². The lowest BCUT2D eigenvalue weighted by atomic mass is 9.92. The second-order valence-corrected chi connectivity index (χ2v) is 8.51. The number of piperidine rings is 1. The third-order valence-electron chi connectivity index (χ3n) is 5.38. The van der Waals surface area contributed by atoms with Crippen LogP contribution in [-0.4, -0.2) is 38.2 Å². The SMILES string of the molecule is CC1CC(C)CN(c2nccn3c(=O)n(CC(=O)NCc4ccccc4Cl)nc23)C1. The number of carbonyl (C=O) groups is 1. The molecule has 0 spiro atoms.